The van der Waals surface area contributed by atoms with Crippen LogP contribution in [0.25, 0.3) is 10.9 Å². The Morgan fingerprint density at radius 3 is 2.83 bits per heavy atom. The van der Waals surface area contributed by atoms with E-state index in [9.17, 15) is 4.79 Å². The summed E-state index contributed by atoms with van der Waals surface area (Å²) in [6.45, 7) is 2.00. The molecule has 0 atom stereocenters. The number of halogens is 2. The Morgan fingerprint density at radius 2 is 2.17 bits per heavy atom. The fourth-order valence-corrected chi connectivity index (χ4v) is 1.96. The first kappa shape index (κ1) is 12.9. The van der Waals surface area contributed by atoms with Crippen molar-refractivity contribution in [3.8, 4) is 0 Å². The van der Waals surface area contributed by atoms with Crippen LogP contribution in [0.15, 0.2) is 18.3 Å². The fraction of sp³-hybridized carbons (Fsp3) is 0.167. The number of nitrogens with zero attached hydrogens (tertiary/aromatic N) is 1. The minimum atomic E-state index is -0.504. The molecule has 0 aliphatic heterocycles. The van der Waals surface area contributed by atoms with Crippen molar-refractivity contribution in [3.05, 3.63) is 33.9 Å². The number of nitrogens with two attached hydrogens (primary N) is 1. The molecule has 1 heterocycles. The van der Waals surface area contributed by atoms with Gasteiger partial charge in [-0.1, -0.05) is 23.2 Å². The largest absolute Gasteiger partial charge is 0.462 e. The van der Waals surface area contributed by atoms with Crippen LogP contribution in [0.2, 0.25) is 10.0 Å². The summed E-state index contributed by atoms with van der Waals surface area (Å²) in [4.78, 5) is 15.8. The molecule has 6 heteroatoms. The predicted molar refractivity (Wildman–Crippen MR) is 72.1 cm³/mol. The van der Waals surface area contributed by atoms with E-state index >= 15 is 0 Å². The second-order valence-electron chi connectivity index (χ2n) is 3.56. The van der Waals surface area contributed by atoms with Gasteiger partial charge >= 0.3 is 5.97 Å². The van der Waals surface area contributed by atoms with Gasteiger partial charge in [0.25, 0.3) is 0 Å². The highest BCUT2D eigenvalue weighted by Gasteiger charge is 2.16. The molecule has 0 saturated carbocycles. The molecule has 4 nitrogen and oxygen atoms in total. The molecule has 0 radical (unpaired) electrons. The summed E-state index contributed by atoms with van der Waals surface area (Å²) in [5.74, 6) is -0.504. The van der Waals surface area contributed by atoms with Crippen LogP contribution in [0.5, 0.6) is 0 Å². The third-order valence-corrected chi connectivity index (χ3v) is 3.26. The van der Waals surface area contributed by atoms with Crippen LogP contribution in [-0.4, -0.2) is 17.6 Å². The zero-order valence-corrected chi connectivity index (χ0v) is 11.0. The summed E-state index contributed by atoms with van der Waals surface area (Å²) in [6, 6.07) is 3.29. The average Bonchev–Trinajstić information content (AvgIpc) is 2.34. The lowest BCUT2D eigenvalue weighted by Crippen LogP contribution is -2.09. The third-order valence-electron chi connectivity index (χ3n) is 2.47. The molecule has 2 aromatic rings. The molecule has 0 fully saturated rings. The molecule has 0 aliphatic rings. The average molecular weight is 285 g/mol. The molecule has 18 heavy (non-hydrogen) atoms. The van der Waals surface area contributed by atoms with Crippen molar-refractivity contribution in [2.75, 3.05) is 12.3 Å². The van der Waals surface area contributed by atoms with Gasteiger partial charge in [-0.2, -0.15) is 0 Å². The quantitative estimate of drug-likeness (QED) is 0.860. The van der Waals surface area contributed by atoms with Gasteiger partial charge in [-0.25, -0.2) is 4.79 Å². The molecule has 0 unspecified atom stereocenters. The summed E-state index contributed by atoms with van der Waals surface area (Å²) < 4.78 is 4.89. The summed E-state index contributed by atoms with van der Waals surface area (Å²) >= 11 is 11.9. The van der Waals surface area contributed by atoms with Crippen molar-refractivity contribution in [1.82, 2.24) is 4.98 Å². The summed E-state index contributed by atoms with van der Waals surface area (Å²) in [6.07, 6.45) is 1.35. The number of rotatable bonds is 2. The first-order chi connectivity index (χ1) is 8.56. The number of hydrogen-bond acceptors (Lipinski definition) is 4. The summed E-state index contributed by atoms with van der Waals surface area (Å²) in [7, 11) is 0. The minimum absolute atomic E-state index is 0.225. The van der Waals surface area contributed by atoms with Crippen molar-refractivity contribution in [2.45, 2.75) is 6.92 Å². The monoisotopic (exact) mass is 284 g/mol. The normalized spacial score (nSPS) is 10.6. The molecule has 0 aliphatic carbocycles. The number of benzene rings is 1. The lowest BCUT2D eigenvalue weighted by atomic mass is 10.1. The second-order valence-corrected chi connectivity index (χ2v) is 4.35. The van der Waals surface area contributed by atoms with Crippen LogP contribution >= 0.6 is 23.2 Å². The van der Waals surface area contributed by atoms with Crippen molar-refractivity contribution < 1.29 is 9.53 Å². The maximum atomic E-state index is 11.7. The number of pyridine rings is 1. The number of carbonyl (C=O) groups excluding carboxylic acids is 1. The van der Waals surface area contributed by atoms with Crippen molar-refractivity contribution in [3.63, 3.8) is 0 Å². The van der Waals surface area contributed by atoms with Crippen LogP contribution in [0.4, 0.5) is 5.69 Å². The van der Waals surface area contributed by atoms with E-state index in [1.165, 1.54) is 6.20 Å². The van der Waals surface area contributed by atoms with E-state index < -0.39 is 5.97 Å². The topological polar surface area (TPSA) is 65.2 Å². The Bertz CT molecular complexity index is 629. The van der Waals surface area contributed by atoms with Crippen LogP contribution < -0.4 is 5.73 Å². The highest BCUT2D eigenvalue weighted by molar-refractivity contribution is 6.45. The number of anilines is 1. The number of fused-ring (bicyclic) bond motifs is 1. The van der Waals surface area contributed by atoms with Crippen LogP contribution in [0.1, 0.15) is 17.3 Å². The van der Waals surface area contributed by atoms with Gasteiger partial charge < -0.3 is 10.5 Å². The molecule has 1 aromatic carbocycles. The molecule has 2 N–H and O–H groups in total. The molecule has 0 bridgehead atoms. The van der Waals surface area contributed by atoms with Gasteiger partial charge in [-0.05, 0) is 19.1 Å². The Hall–Kier alpha value is -1.52. The zero-order chi connectivity index (χ0) is 13.3. The van der Waals surface area contributed by atoms with Gasteiger partial charge in [0.2, 0.25) is 0 Å². The molecule has 0 spiro atoms. The van der Waals surface area contributed by atoms with E-state index in [-0.39, 0.29) is 17.9 Å². The lowest BCUT2D eigenvalue weighted by molar-refractivity contribution is 0.0527. The van der Waals surface area contributed by atoms with E-state index in [2.05, 4.69) is 4.98 Å². The van der Waals surface area contributed by atoms with Crippen molar-refractivity contribution in [1.29, 1.82) is 0 Å². The van der Waals surface area contributed by atoms with E-state index in [4.69, 9.17) is 33.7 Å². The predicted octanol–water partition coefficient (Wildman–Crippen LogP) is 3.30. The Balaban J connectivity index is 2.65. The Labute approximate surface area is 114 Å². The van der Waals surface area contributed by atoms with Crippen LogP contribution in [0, 0.1) is 0 Å². The van der Waals surface area contributed by atoms with E-state index in [1.54, 1.807) is 19.1 Å². The third kappa shape index (κ3) is 2.09. The van der Waals surface area contributed by atoms with Crippen molar-refractivity contribution in [2.24, 2.45) is 0 Å². The molecular formula is C12H10Cl2N2O2. The number of ether oxygens (including phenoxy) is 1. The van der Waals surface area contributed by atoms with Gasteiger partial charge in [0.05, 0.1) is 27.9 Å². The first-order valence-electron chi connectivity index (χ1n) is 5.25. The van der Waals surface area contributed by atoms with E-state index in [0.29, 0.717) is 20.9 Å². The Kier molecular flexibility index (Phi) is 3.59. The number of carbonyl (C=O) groups is 1. The highest BCUT2D eigenvalue weighted by Crippen LogP contribution is 2.33. The van der Waals surface area contributed by atoms with Gasteiger partial charge in [-0.3, -0.25) is 4.98 Å². The molecule has 94 valence electrons. The fourth-order valence-electron chi connectivity index (χ4n) is 1.60. The molecule has 2 rings (SSSR count). The molecule has 0 amide bonds. The smallest absolute Gasteiger partial charge is 0.341 e. The number of hydrogen-bond donors (Lipinski definition) is 1. The van der Waals surface area contributed by atoms with Gasteiger partial charge in [0.15, 0.2) is 0 Å². The maximum Gasteiger partial charge on any atom is 0.341 e. The molecule has 0 saturated heterocycles. The number of aromatic nitrogens is 1. The number of nitrogen functional groups attached to an aromatic ring is 1. The summed E-state index contributed by atoms with van der Waals surface area (Å²) in [5, 5.41) is 1.28. The van der Waals surface area contributed by atoms with Gasteiger partial charge in [0.1, 0.15) is 5.56 Å². The Morgan fingerprint density at radius 1 is 1.44 bits per heavy atom. The van der Waals surface area contributed by atoms with Gasteiger partial charge in [-0.15, -0.1) is 0 Å². The maximum absolute atomic E-state index is 11.7. The molecule has 1 aromatic heterocycles. The van der Waals surface area contributed by atoms with Crippen LogP contribution in [0.3, 0.4) is 0 Å². The van der Waals surface area contributed by atoms with E-state index in [1.807, 2.05) is 0 Å². The highest BCUT2D eigenvalue weighted by atomic mass is 35.5. The zero-order valence-electron chi connectivity index (χ0n) is 9.54. The van der Waals surface area contributed by atoms with Crippen LogP contribution in [-0.2, 0) is 4.74 Å². The lowest BCUT2D eigenvalue weighted by Gasteiger charge is -2.09. The second kappa shape index (κ2) is 5.00. The number of esters is 1. The summed E-state index contributed by atoms with van der Waals surface area (Å²) in [5.41, 5.74) is 6.91. The first-order valence-corrected chi connectivity index (χ1v) is 6.01. The van der Waals surface area contributed by atoms with Crippen molar-refractivity contribution >= 4 is 45.8 Å². The van der Waals surface area contributed by atoms with Gasteiger partial charge in [0, 0.05) is 11.6 Å². The standard InChI is InChI=1S/C12H10Cl2N2O2/c1-2-18-12(17)7-5-16-11-6(10(7)15)3-4-8(13)9(11)14/h3-5H,2H2,1H3,(H2,15,16). The van der Waals surface area contributed by atoms with E-state index in [0.717, 1.165) is 0 Å². The minimum Gasteiger partial charge on any atom is -0.462 e. The SMILES string of the molecule is CCOC(=O)c1cnc2c(Cl)c(Cl)ccc2c1N. The molecular weight excluding hydrogens is 275 g/mol.